The molecule has 0 amide bonds. The van der Waals surface area contributed by atoms with Gasteiger partial charge in [-0.25, -0.2) is 0 Å². The third-order valence-electron chi connectivity index (χ3n) is 11.8. The van der Waals surface area contributed by atoms with Crippen molar-refractivity contribution in [2.24, 2.45) is 17.8 Å². The zero-order chi connectivity index (χ0) is 42.0. The van der Waals surface area contributed by atoms with Gasteiger partial charge in [0.1, 0.15) is 13.2 Å². The summed E-state index contributed by atoms with van der Waals surface area (Å²) >= 11 is 0. The second kappa shape index (κ2) is 42.5. The molecule has 0 spiro atoms. The van der Waals surface area contributed by atoms with Crippen LogP contribution in [0, 0.1) is 17.8 Å². The minimum atomic E-state index is -0.763. The number of carbonyl (C=O) groups is 3. The lowest BCUT2D eigenvalue weighted by atomic mass is 10.00. The SMILES string of the molecule is CCC(C)CCCCCCCCC(=O)OC[C@@H](COC(=O)CCCCCCCCCCCCCCCCCCC(C)C)OC(=O)CCCCCCCCCC(C)C. The third kappa shape index (κ3) is 43.8. The van der Waals surface area contributed by atoms with Crippen molar-refractivity contribution in [1.82, 2.24) is 0 Å². The molecular weight excluding hydrogens is 709 g/mol. The number of unbranched alkanes of at least 4 members (excludes halogenated alkanes) is 26. The summed E-state index contributed by atoms with van der Waals surface area (Å²) in [6.45, 7) is 13.6. The molecule has 0 rings (SSSR count). The molecule has 0 aliphatic carbocycles. The largest absolute Gasteiger partial charge is 0.462 e. The zero-order valence-electron chi connectivity index (χ0n) is 39.1. The molecule has 0 aromatic rings. The van der Waals surface area contributed by atoms with Gasteiger partial charge in [0, 0.05) is 19.3 Å². The van der Waals surface area contributed by atoms with Crippen molar-refractivity contribution in [3.63, 3.8) is 0 Å². The first-order chi connectivity index (χ1) is 27.6. The van der Waals surface area contributed by atoms with E-state index < -0.39 is 6.10 Å². The third-order valence-corrected chi connectivity index (χ3v) is 11.8. The number of carbonyl (C=O) groups excluding carboxylic acids is 3. The van der Waals surface area contributed by atoms with Crippen LogP contribution in [0.5, 0.6) is 0 Å². The molecule has 0 aromatic heterocycles. The first-order valence-electron chi connectivity index (χ1n) is 25.1. The van der Waals surface area contributed by atoms with Crippen LogP contribution in [0.1, 0.15) is 273 Å². The Bertz CT molecular complexity index is 885. The fraction of sp³-hybridized carbons (Fsp3) is 0.941. The van der Waals surface area contributed by atoms with Crippen molar-refractivity contribution in [2.75, 3.05) is 13.2 Å². The van der Waals surface area contributed by atoms with E-state index in [-0.39, 0.29) is 31.1 Å². The zero-order valence-corrected chi connectivity index (χ0v) is 39.1. The maximum Gasteiger partial charge on any atom is 0.306 e. The molecule has 0 aliphatic rings. The van der Waals surface area contributed by atoms with Crippen molar-refractivity contribution in [2.45, 2.75) is 279 Å². The molecule has 0 aliphatic heterocycles. The number of esters is 3. The molecule has 1 unspecified atom stereocenters. The van der Waals surface area contributed by atoms with Gasteiger partial charge in [0.25, 0.3) is 0 Å². The van der Waals surface area contributed by atoms with Gasteiger partial charge in [0.15, 0.2) is 6.10 Å². The van der Waals surface area contributed by atoms with Crippen LogP contribution in [-0.4, -0.2) is 37.2 Å². The first kappa shape index (κ1) is 55.4. The highest BCUT2D eigenvalue weighted by molar-refractivity contribution is 5.71. The quantitative estimate of drug-likeness (QED) is 0.0347. The standard InChI is InChI=1S/C51H98O6/c1-7-47(6)39-33-27-23-24-29-35-41-50(53)56-44-48(57-51(54)42-36-30-22-18-20-26-32-38-46(4)5)43-55-49(52)40-34-28-21-17-15-13-11-9-8-10-12-14-16-19-25-31-37-45(2)3/h45-48H,7-44H2,1-6H3/t47?,48-/m1/s1. The van der Waals surface area contributed by atoms with Crippen LogP contribution in [0.3, 0.4) is 0 Å². The smallest absolute Gasteiger partial charge is 0.306 e. The molecule has 6 heteroatoms. The van der Waals surface area contributed by atoms with Gasteiger partial charge in [-0.15, -0.1) is 0 Å². The Balaban J connectivity index is 4.22. The highest BCUT2D eigenvalue weighted by Gasteiger charge is 2.19. The van der Waals surface area contributed by atoms with E-state index in [1.807, 2.05) is 0 Å². The van der Waals surface area contributed by atoms with Gasteiger partial charge in [-0.2, -0.15) is 0 Å². The number of ether oxygens (including phenoxy) is 3. The van der Waals surface area contributed by atoms with Crippen molar-refractivity contribution < 1.29 is 28.6 Å². The summed E-state index contributed by atoms with van der Waals surface area (Å²) in [7, 11) is 0. The normalized spacial score (nSPS) is 12.6. The van der Waals surface area contributed by atoms with Crippen LogP contribution in [-0.2, 0) is 28.6 Å². The molecule has 0 heterocycles. The lowest BCUT2D eigenvalue weighted by molar-refractivity contribution is -0.167. The van der Waals surface area contributed by atoms with Gasteiger partial charge >= 0.3 is 17.9 Å². The number of hydrogen-bond donors (Lipinski definition) is 0. The molecule has 0 aromatic carbocycles. The van der Waals surface area contributed by atoms with Gasteiger partial charge in [0.05, 0.1) is 0 Å². The van der Waals surface area contributed by atoms with Crippen LogP contribution >= 0.6 is 0 Å². The van der Waals surface area contributed by atoms with Gasteiger partial charge < -0.3 is 14.2 Å². The predicted molar refractivity (Wildman–Crippen MR) is 243 cm³/mol. The van der Waals surface area contributed by atoms with Crippen LogP contribution < -0.4 is 0 Å². The average molecular weight is 807 g/mol. The van der Waals surface area contributed by atoms with E-state index in [0.717, 1.165) is 75.5 Å². The number of hydrogen-bond acceptors (Lipinski definition) is 6. The molecule has 0 saturated carbocycles. The molecule has 0 radical (unpaired) electrons. The Labute approximate surface area is 355 Å². The highest BCUT2D eigenvalue weighted by atomic mass is 16.6. The summed E-state index contributed by atoms with van der Waals surface area (Å²) in [5, 5.41) is 0. The average Bonchev–Trinajstić information content (AvgIpc) is 3.18. The molecule has 0 saturated heterocycles. The second-order valence-electron chi connectivity index (χ2n) is 18.6. The van der Waals surface area contributed by atoms with E-state index in [0.29, 0.717) is 19.3 Å². The van der Waals surface area contributed by atoms with Crippen LogP contribution in [0.4, 0.5) is 0 Å². The van der Waals surface area contributed by atoms with Gasteiger partial charge in [-0.3, -0.25) is 14.4 Å². The fourth-order valence-corrected chi connectivity index (χ4v) is 7.55. The molecule has 6 nitrogen and oxygen atoms in total. The van der Waals surface area contributed by atoms with E-state index in [4.69, 9.17) is 14.2 Å². The van der Waals surface area contributed by atoms with Crippen LogP contribution in [0.25, 0.3) is 0 Å². The van der Waals surface area contributed by atoms with E-state index in [1.54, 1.807) is 0 Å². The Morgan fingerprint density at radius 1 is 0.351 bits per heavy atom. The fourth-order valence-electron chi connectivity index (χ4n) is 7.55. The minimum Gasteiger partial charge on any atom is -0.462 e. The summed E-state index contributed by atoms with van der Waals surface area (Å²) in [5.74, 6) is 1.58. The Kier molecular flexibility index (Phi) is 41.3. The molecular formula is C51H98O6. The second-order valence-corrected chi connectivity index (χ2v) is 18.6. The number of rotatable bonds is 44. The van der Waals surface area contributed by atoms with E-state index in [9.17, 15) is 14.4 Å². The van der Waals surface area contributed by atoms with E-state index in [1.165, 1.54) is 154 Å². The van der Waals surface area contributed by atoms with Crippen molar-refractivity contribution in [3.8, 4) is 0 Å². The lowest BCUT2D eigenvalue weighted by Crippen LogP contribution is -2.30. The van der Waals surface area contributed by atoms with Crippen molar-refractivity contribution in [3.05, 3.63) is 0 Å². The molecule has 57 heavy (non-hydrogen) atoms. The summed E-state index contributed by atoms with van der Waals surface area (Å²) in [6, 6.07) is 0. The van der Waals surface area contributed by atoms with Gasteiger partial charge in [0.2, 0.25) is 0 Å². The van der Waals surface area contributed by atoms with Crippen LogP contribution in [0.2, 0.25) is 0 Å². The topological polar surface area (TPSA) is 78.9 Å². The van der Waals surface area contributed by atoms with Crippen molar-refractivity contribution >= 4 is 17.9 Å². The summed E-state index contributed by atoms with van der Waals surface area (Å²) in [5.41, 5.74) is 0. The molecule has 0 fully saturated rings. The first-order valence-corrected chi connectivity index (χ1v) is 25.1. The molecule has 338 valence electrons. The Morgan fingerprint density at radius 2 is 0.614 bits per heavy atom. The van der Waals surface area contributed by atoms with Gasteiger partial charge in [-0.05, 0) is 37.0 Å². The minimum absolute atomic E-state index is 0.0662. The monoisotopic (exact) mass is 807 g/mol. The Hall–Kier alpha value is -1.59. The van der Waals surface area contributed by atoms with Crippen molar-refractivity contribution in [1.29, 1.82) is 0 Å². The predicted octanol–water partition coefficient (Wildman–Crippen LogP) is 16.0. The molecule has 0 bridgehead atoms. The van der Waals surface area contributed by atoms with Gasteiger partial charge in [-0.1, -0.05) is 234 Å². The maximum atomic E-state index is 12.7. The maximum absolute atomic E-state index is 12.7. The van der Waals surface area contributed by atoms with Crippen LogP contribution in [0.15, 0.2) is 0 Å². The Morgan fingerprint density at radius 3 is 0.912 bits per heavy atom. The van der Waals surface area contributed by atoms with E-state index >= 15 is 0 Å². The summed E-state index contributed by atoms with van der Waals surface area (Å²) in [4.78, 5) is 37.8. The summed E-state index contributed by atoms with van der Waals surface area (Å²) < 4.78 is 16.7. The molecule has 2 atom stereocenters. The van der Waals surface area contributed by atoms with E-state index in [2.05, 4.69) is 41.5 Å². The lowest BCUT2D eigenvalue weighted by Gasteiger charge is -2.18. The summed E-state index contributed by atoms with van der Waals surface area (Å²) in [6.07, 6.45) is 41.1. The molecule has 0 N–H and O–H groups in total. The highest BCUT2D eigenvalue weighted by Crippen LogP contribution is 2.18.